The lowest BCUT2D eigenvalue weighted by Crippen LogP contribution is -2.33. The summed E-state index contributed by atoms with van der Waals surface area (Å²) in [5, 5.41) is 3.07. The molecule has 2 unspecified atom stereocenters. The van der Waals surface area contributed by atoms with Crippen LogP contribution in [-0.2, 0) is 11.3 Å². The summed E-state index contributed by atoms with van der Waals surface area (Å²) in [6, 6.07) is 11.4. The maximum Gasteiger partial charge on any atom is 0.251 e. The largest absolute Gasteiger partial charge is 0.487 e. The van der Waals surface area contributed by atoms with Gasteiger partial charge in [-0.25, -0.2) is 4.98 Å². The van der Waals surface area contributed by atoms with Gasteiger partial charge in [0, 0.05) is 30.6 Å². The molecular formula is C24H29N3O3. The maximum absolute atomic E-state index is 12.5. The molecular weight excluding hydrogens is 378 g/mol. The Balaban J connectivity index is 1.27. The van der Waals surface area contributed by atoms with Crippen molar-refractivity contribution in [3.8, 4) is 5.75 Å². The van der Waals surface area contributed by atoms with Gasteiger partial charge in [-0.2, -0.15) is 0 Å². The van der Waals surface area contributed by atoms with E-state index in [1.807, 2.05) is 54.9 Å². The number of aromatic nitrogens is 2. The third-order valence-corrected chi connectivity index (χ3v) is 5.55. The Bertz CT molecular complexity index is 991. The van der Waals surface area contributed by atoms with Crippen LogP contribution in [0.5, 0.6) is 5.75 Å². The Morgan fingerprint density at radius 2 is 2.17 bits per heavy atom. The number of rotatable bonds is 8. The monoisotopic (exact) mass is 407 g/mol. The smallest absolute Gasteiger partial charge is 0.251 e. The van der Waals surface area contributed by atoms with Crippen LogP contribution in [0, 0.1) is 6.92 Å². The summed E-state index contributed by atoms with van der Waals surface area (Å²) in [6.07, 6.45) is 8.52. The predicted octanol–water partition coefficient (Wildman–Crippen LogP) is 4.30. The highest BCUT2D eigenvalue weighted by Crippen LogP contribution is 2.18. The van der Waals surface area contributed by atoms with Crippen LogP contribution in [0.4, 0.5) is 0 Å². The first-order chi connectivity index (χ1) is 14.6. The zero-order valence-corrected chi connectivity index (χ0v) is 17.6. The molecule has 0 aliphatic carbocycles. The first kappa shape index (κ1) is 20.4. The number of fused-ring (bicyclic) bond motifs is 1. The minimum Gasteiger partial charge on any atom is -0.487 e. The van der Waals surface area contributed by atoms with Crippen LogP contribution in [0.3, 0.4) is 0 Å². The van der Waals surface area contributed by atoms with E-state index in [0.717, 1.165) is 49.2 Å². The molecule has 1 fully saturated rings. The fourth-order valence-corrected chi connectivity index (χ4v) is 3.82. The van der Waals surface area contributed by atoms with E-state index in [1.54, 1.807) is 12.1 Å². The summed E-state index contributed by atoms with van der Waals surface area (Å²) in [4.78, 5) is 17.1. The Kier molecular flexibility index (Phi) is 6.33. The van der Waals surface area contributed by atoms with E-state index in [0.29, 0.717) is 24.0 Å². The van der Waals surface area contributed by atoms with Gasteiger partial charge in [0.15, 0.2) is 0 Å². The lowest BCUT2D eigenvalue weighted by Gasteiger charge is -2.16. The van der Waals surface area contributed by atoms with Gasteiger partial charge in [0.25, 0.3) is 5.91 Å². The van der Waals surface area contributed by atoms with Crippen molar-refractivity contribution < 1.29 is 14.3 Å². The molecule has 3 heterocycles. The van der Waals surface area contributed by atoms with E-state index in [2.05, 4.69) is 10.3 Å². The van der Waals surface area contributed by atoms with E-state index in [-0.39, 0.29) is 11.9 Å². The Morgan fingerprint density at radius 3 is 2.90 bits per heavy atom. The van der Waals surface area contributed by atoms with Gasteiger partial charge < -0.3 is 19.2 Å². The fraction of sp³-hybridized carbons (Fsp3) is 0.417. The van der Waals surface area contributed by atoms with Gasteiger partial charge in [-0.3, -0.25) is 4.79 Å². The quantitative estimate of drug-likeness (QED) is 0.605. The van der Waals surface area contributed by atoms with Crippen LogP contribution in [0.25, 0.3) is 5.65 Å². The fourth-order valence-electron chi connectivity index (χ4n) is 3.82. The maximum atomic E-state index is 12.5. The van der Waals surface area contributed by atoms with Crippen LogP contribution in [0.15, 0.2) is 48.8 Å². The number of hydrogen-bond acceptors (Lipinski definition) is 4. The zero-order valence-electron chi connectivity index (χ0n) is 17.6. The molecule has 4 rings (SSSR count). The van der Waals surface area contributed by atoms with Crippen molar-refractivity contribution in [2.75, 3.05) is 6.61 Å². The molecule has 3 aromatic rings. The molecule has 158 valence electrons. The average molecular weight is 408 g/mol. The van der Waals surface area contributed by atoms with E-state index >= 15 is 0 Å². The summed E-state index contributed by atoms with van der Waals surface area (Å²) in [5.74, 6) is 0.656. The van der Waals surface area contributed by atoms with Gasteiger partial charge in [-0.1, -0.05) is 6.07 Å². The third-order valence-electron chi connectivity index (χ3n) is 5.55. The molecule has 2 aromatic heterocycles. The molecule has 1 amide bonds. The van der Waals surface area contributed by atoms with Crippen molar-refractivity contribution in [2.45, 2.75) is 58.3 Å². The van der Waals surface area contributed by atoms with Crippen molar-refractivity contribution in [2.24, 2.45) is 0 Å². The van der Waals surface area contributed by atoms with E-state index < -0.39 is 0 Å². The molecule has 0 saturated carbocycles. The van der Waals surface area contributed by atoms with Crippen LogP contribution >= 0.6 is 0 Å². The molecule has 0 spiro atoms. The Labute approximate surface area is 177 Å². The first-order valence-electron chi connectivity index (χ1n) is 10.7. The van der Waals surface area contributed by atoms with Crippen LogP contribution in [0.1, 0.15) is 54.2 Å². The number of ether oxygens (including phenoxy) is 2. The minimum absolute atomic E-state index is 0.0581. The number of aryl methyl sites for hydroxylation is 1. The van der Waals surface area contributed by atoms with Crippen molar-refractivity contribution in [3.63, 3.8) is 0 Å². The van der Waals surface area contributed by atoms with Crippen LogP contribution in [0.2, 0.25) is 0 Å². The van der Waals surface area contributed by atoms with Crippen molar-refractivity contribution >= 4 is 11.6 Å². The number of nitrogens with zero attached hydrogens (tertiary/aromatic N) is 2. The summed E-state index contributed by atoms with van der Waals surface area (Å²) in [7, 11) is 0. The van der Waals surface area contributed by atoms with Gasteiger partial charge in [0.1, 0.15) is 18.0 Å². The van der Waals surface area contributed by atoms with E-state index in [4.69, 9.17) is 9.47 Å². The standard InChI is InChI=1S/C24H29N3O3/c1-17-5-3-13-27-15-20(26-23(17)27)16-30-22-11-8-19(9-12-22)24(28)25-18(2)7-10-21-6-4-14-29-21/h3,5,8-9,11-13,15,18,21H,4,6-7,10,14,16H2,1-2H3,(H,25,28). The summed E-state index contributed by atoms with van der Waals surface area (Å²) >= 11 is 0. The summed E-state index contributed by atoms with van der Waals surface area (Å²) in [6.45, 7) is 5.34. The number of nitrogens with one attached hydrogen (secondary N) is 1. The molecule has 1 N–H and O–H groups in total. The number of hydrogen-bond donors (Lipinski definition) is 1. The van der Waals surface area contributed by atoms with Gasteiger partial charge in [-0.05, 0) is 75.4 Å². The minimum atomic E-state index is -0.0581. The second kappa shape index (κ2) is 9.30. The van der Waals surface area contributed by atoms with Gasteiger partial charge in [-0.15, -0.1) is 0 Å². The summed E-state index contributed by atoms with van der Waals surface area (Å²) in [5.41, 5.74) is 3.57. The molecule has 0 radical (unpaired) electrons. The van der Waals surface area contributed by atoms with Crippen molar-refractivity contribution in [1.82, 2.24) is 14.7 Å². The molecule has 6 heteroatoms. The number of carbonyl (C=O) groups excluding carboxylic acids is 1. The molecule has 1 aromatic carbocycles. The molecule has 0 bridgehead atoms. The molecule has 1 aliphatic rings. The normalized spacial score (nSPS) is 17.2. The Morgan fingerprint density at radius 1 is 1.33 bits per heavy atom. The summed E-state index contributed by atoms with van der Waals surface area (Å²) < 4.78 is 13.5. The third kappa shape index (κ3) is 5.00. The first-order valence-corrected chi connectivity index (χ1v) is 10.7. The average Bonchev–Trinajstić information content (AvgIpc) is 3.41. The second-order valence-corrected chi connectivity index (χ2v) is 8.05. The van der Waals surface area contributed by atoms with Gasteiger partial charge in [0.2, 0.25) is 0 Å². The molecule has 2 atom stereocenters. The van der Waals surface area contributed by atoms with Crippen LogP contribution in [-0.4, -0.2) is 34.0 Å². The topological polar surface area (TPSA) is 64.9 Å². The van der Waals surface area contributed by atoms with Crippen molar-refractivity contribution in [3.05, 3.63) is 65.6 Å². The lowest BCUT2D eigenvalue weighted by atomic mass is 10.1. The number of carbonyl (C=O) groups is 1. The van der Waals surface area contributed by atoms with Gasteiger partial charge in [0.05, 0.1) is 11.8 Å². The highest BCUT2D eigenvalue weighted by atomic mass is 16.5. The predicted molar refractivity (Wildman–Crippen MR) is 116 cm³/mol. The van der Waals surface area contributed by atoms with Crippen LogP contribution < -0.4 is 10.1 Å². The number of imidazole rings is 1. The van der Waals surface area contributed by atoms with E-state index in [9.17, 15) is 4.79 Å². The highest BCUT2D eigenvalue weighted by molar-refractivity contribution is 5.94. The molecule has 1 saturated heterocycles. The number of benzene rings is 1. The lowest BCUT2D eigenvalue weighted by molar-refractivity contribution is 0.0899. The van der Waals surface area contributed by atoms with E-state index in [1.165, 1.54) is 0 Å². The number of pyridine rings is 1. The Hall–Kier alpha value is -2.86. The second-order valence-electron chi connectivity index (χ2n) is 8.05. The molecule has 6 nitrogen and oxygen atoms in total. The van der Waals surface area contributed by atoms with Crippen molar-refractivity contribution in [1.29, 1.82) is 0 Å². The SMILES string of the molecule is Cc1cccn2cc(COc3ccc(C(=O)NC(C)CCC4CCCO4)cc3)nc12. The van der Waals surface area contributed by atoms with Gasteiger partial charge >= 0.3 is 0 Å². The highest BCUT2D eigenvalue weighted by Gasteiger charge is 2.17. The molecule has 1 aliphatic heterocycles. The molecule has 30 heavy (non-hydrogen) atoms. The zero-order chi connectivity index (χ0) is 20.9. The number of amides is 1.